The van der Waals surface area contributed by atoms with Gasteiger partial charge in [-0.2, -0.15) is 0 Å². The summed E-state index contributed by atoms with van der Waals surface area (Å²) in [6, 6.07) is 22.3. The molecule has 1 amide bonds. The highest BCUT2D eigenvalue weighted by Crippen LogP contribution is 2.31. The minimum absolute atomic E-state index is 0.0165. The van der Waals surface area contributed by atoms with Crippen LogP contribution in [0.15, 0.2) is 66.7 Å². The number of halogens is 1. The maximum absolute atomic E-state index is 12.6. The van der Waals surface area contributed by atoms with E-state index in [-0.39, 0.29) is 5.91 Å². The third kappa shape index (κ3) is 5.47. The van der Waals surface area contributed by atoms with Crippen molar-refractivity contribution in [2.24, 2.45) is 0 Å². The summed E-state index contributed by atoms with van der Waals surface area (Å²) >= 11 is 7.99. The summed E-state index contributed by atoms with van der Waals surface area (Å²) in [5, 5.41) is 4.84. The Kier molecular flexibility index (Phi) is 6.92. The fourth-order valence-corrected chi connectivity index (χ4v) is 5.49. The number of piperazine rings is 1. The zero-order valence-corrected chi connectivity index (χ0v) is 20.7. The fourth-order valence-electron chi connectivity index (χ4n) is 4.23. The Hall–Kier alpha value is -2.77. The molecule has 1 aromatic heterocycles. The molecule has 0 radical (unpaired) electrons. The molecule has 0 saturated carbocycles. The largest absolute Gasteiger partial charge is 0.325 e. The molecule has 7 heteroatoms. The van der Waals surface area contributed by atoms with Crippen molar-refractivity contribution in [3.8, 4) is 10.6 Å². The van der Waals surface area contributed by atoms with Crippen molar-refractivity contribution in [3.05, 3.63) is 82.9 Å². The van der Waals surface area contributed by atoms with Crippen LogP contribution < -0.4 is 5.32 Å². The maximum atomic E-state index is 12.6. The summed E-state index contributed by atoms with van der Waals surface area (Å²) in [7, 11) is 0. The van der Waals surface area contributed by atoms with Crippen LogP contribution in [0.25, 0.3) is 20.8 Å². The molecule has 34 heavy (non-hydrogen) atoms. The highest BCUT2D eigenvalue weighted by molar-refractivity contribution is 7.21. The van der Waals surface area contributed by atoms with Gasteiger partial charge in [-0.3, -0.25) is 14.6 Å². The first kappa shape index (κ1) is 23.0. The molecule has 0 bridgehead atoms. The van der Waals surface area contributed by atoms with Crippen LogP contribution >= 0.6 is 22.9 Å². The predicted octanol–water partition coefficient (Wildman–Crippen LogP) is 5.68. The molecule has 174 valence electrons. The second-order valence-electron chi connectivity index (χ2n) is 8.76. The smallest absolute Gasteiger partial charge is 0.238 e. The number of aryl methyl sites for hydroxylation is 1. The van der Waals surface area contributed by atoms with Crippen molar-refractivity contribution in [1.29, 1.82) is 0 Å². The molecule has 0 atom stereocenters. The number of nitrogens with zero attached hydrogens (tertiary/aromatic N) is 3. The zero-order chi connectivity index (χ0) is 23.5. The van der Waals surface area contributed by atoms with E-state index in [0.717, 1.165) is 65.1 Å². The molecule has 5 nitrogen and oxygen atoms in total. The second kappa shape index (κ2) is 10.2. The first-order valence-electron chi connectivity index (χ1n) is 11.5. The van der Waals surface area contributed by atoms with Crippen LogP contribution in [0.2, 0.25) is 5.02 Å². The average Bonchev–Trinajstić information content (AvgIpc) is 3.25. The lowest BCUT2D eigenvalue weighted by atomic mass is 10.2. The fraction of sp³-hybridized carbons (Fsp3) is 0.259. The number of hydrogen-bond donors (Lipinski definition) is 1. The quantitative estimate of drug-likeness (QED) is 0.377. The van der Waals surface area contributed by atoms with E-state index in [4.69, 9.17) is 16.6 Å². The monoisotopic (exact) mass is 490 g/mol. The van der Waals surface area contributed by atoms with E-state index in [2.05, 4.69) is 46.3 Å². The van der Waals surface area contributed by atoms with Crippen molar-refractivity contribution in [2.75, 3.05) is 38.0 Å². The molecular weight excluding hydrogens is 464 g/mol. The number of nitrogens with one attached hydrogen (secondary N) is 1. The van der Waals surface area contributed by atoms with Gasteiger partial charge in [0.25, 0.3) is 0 Å². The molecule has 1 aliphatic heterocycles. The standard InChI is InChI=1S/C27H27ClN4OS/c1-19-6-11-24-25(16-19)34-27(30-24)20-7-9-22(10-8-20)29-26(33)18-32-14-12-31(13-15-32)17-21-4-2-3-5-23(21)28/h2-11,16H,12-15,17-18H2,1H3,(H,29,33). The van der Waals surface area contributed by atoms with Crippen LogP contribution in [0.3, 0.4) is 0 Å². The van der Waals surface area contributed by atoms with Gasteiger partial charge in [0.2, 0.25) is 5.91 Å². The molecule has 5 rings (SSSR count). The molecule has 0 unspecified atom stereocenters. The molecule has 2 heterocycles. The van der Waals surface area contributed by atoms with Crippen LogP contribution in [0, 0.1) is 6.92 Å². The summed E-state index contributed by atoms with van der Waals surface area (Å²) in [6.45, 7) is 6.93. The van der Waals surface area contributed by atoms with Gasteiger partial charge in [0.15, 0.2) is 0 Å². The molecule has 4 aromatic rings. The van der Waals surface area contributed by atoms with Crippen LogP contribution in [0.1, 0.15) is 11.1 Å². The third-order valence-electron chi connectivity index (χ3n) is 6.14. The summed E-state index contributed by atoms with van der Waals surface area (Å²) in [5.41, 5.74) is 5.28. The Bertz CT molecular complexity index is 1300. The normalized spacial score (nSPS) is 15.0. The van der Waals surface area contributed by atoms with E-state index in [0.29, 0.717) is 6.54 Å². The Morgan fingerprint density at radius 3 is 2.50 bits per heavy atom. The topological polar surface area (TPSA) is 48.5 Å². The highest BCUT2D eigenvalue weighted by Gasteiger charge is 2.19. The van der Waals surface area contributed by atoms with E-state index < -0.39 is 0 Å². The molecular formula is C27H27ClN4OS. The number of rotatable bonds is 6. The lowest BCUT2D eigenvalue weighted by Crippen LogP contribution is -2.48. The molecule has 1 aliphatic rings. The van der Waals surface area contributed by atoms with Gasteiger partial charge in [0.1, 0.15) is 5.01 Å². The average molecular weight is 491 g/mol. The molecule has 0 aliphatic carbocycles. The van der Waals surface area contributed by atoms with Crippen molar-refractivity contribution in [3.63, 3.8) is 0 Å². The third-order valence-corrected chi connectivity index (χ3v) is 7.58. The lowest BCUT2D eigenvalue weighted by Gasteiger charge is -2.34. The second-order valence-corrected chi connectivity index (χ2v) is 10.2. The number of benzene rings is 3. The van der Waals surface area contributed by atoms with Gasteiger partial charge < -0.3 is 5.32 Å². The van der Waals surface area contributed by atoms with Gasteiger partial charge in [-0.05, 0) is 60.5 Å². The first-order chi connectivity index (χ1) is 16.5. The first-order valence-corrected chi connectivity index (χ1v) is 12.7. The number of amides is 1. The van der Waals surface area contributed by atoms with Crippen molar-refractivity contribution in [1.82, 2.24) is 14.8 Å². The zero-order valence-electron chi connectivity index (χ0n) is 19.1. The predicted molar refractivity (Wildman–Crippen MR) is 142 cm³/mol. The SMILES string of the molecule is Cc1ccc2nc(-c3ccc(NC(=O)CN4CCN(Cc5ccccc5Cl)CC4)cc3)sc2c1. The Balaban J connectivity index is 1.12. The summed E-state index contributed by atoms with van der Waals surface area (Å²) in [6.07, 6.45) is 0. The minimum Gasteiger partial charge on any atom is -0.325 e. The van der Waals surface area contributed by atoms with Gasteiger partial charge in [0.05, 0.1) is 16.8 Å². The number of carbonyl (C=O) groups is 1. The van der Waals surface area contributed by atoms with Crippen molar-refractivity contribution >= 4 is 44.7 Å². The van der Waals surface area contributed by atoms with Gasteiger partial charge >= 0.3 is 0 Å². The van der Waals surface area contributed by atoms with E-state index in [9.17, 15) is 4.79 Å². The van der Waals surface area contributed by atoms with E-state index in [1.54, 1.807) is 11.3 Å². The van der Waals surface area contributed by atoms with Crippen LogP contribution in [0.4, 0.5) is 5.69 Å². The number of aromatic nitrogens is 1. The number of fused-ring (bicyclic) bond motifs is 1. The highest BCUT2D eigenvalue weighted by atomic mass is 35.5. The summed E-state index contributed by atoms with van der Waals surface area (Å²) in [4.78, 5) is 21.9. The molecule has 0 spiro atoms. The van der Waals surface area contributed by atoms with Crippen LogP contribution in [-0.2, 0) is 11.3 Å². The van der Waals surface area contributed by atoms with Gasteiger partial charge in [-0.15, -0.1) is 11.3 Å². The van der Waals surface area contributed by atoms with Crippen molar-refractivity contribution in [2.45, 2.75) is 13.5 Å². The minimum atomic E-state index is 0.0165. The molecule has 1 fully saturated rings. The van der Waals surface area contributed by atoms with Crippen LogP contribution in [0.5, 0.6) is 0 Å². The van der Waals surface area contributed by atoms with E-state index >= 15 is 0 Å². The number of carbonyl (C=O) groups excluding carboxylic acids is 1. The lowest BCUT2D eigenvalue weighted by molar-refractivity contribution is -0.117. The number of hydrogen-bond acceptors (Lipinski definition) is 5. The number of anilines is 1. The van der Waals surface area contributed by atoms with Crippen molar-refractivity contribution < 1.29 is 4.79 Å². The summed E-state index contributed by atoms with van der Waals surface area (Å²) in [5.74, 6) is 0.0165. The van der Waals surface area contributed by atoms with Gasteiger partial charge in [0, 0.05) is 49.0 Å². The van der Waals surface area contributed by atoms with E-state index in [1.807, 2.05) is 42.5 Å². The van der Waals surface area contributed by atoms with E-state index in [1.165, 1.54) is 10.3 Å². The maximum Gasteiger partial charge on any atom is 0.238 e. The Labute approximate surface area is 209 Å². The van der Waals surface area contributed by atoms with Gasteiger partial charge in [-0.1, -0.05) is 35.9 Å². The van der Waals surface area contributed by atoms with Crippen LogP contribution in [-0.4, -0.2) is 53.4 Å². The molecule has 3 aromatic carbocycles. The summed E-state index contributed by atoms with van der Waals surface area (Å²) < 4.78 is 1.19. The Morgan fingerprint density at radius 2 is 1.74 bits per heavy atom. The molecule has 1 N–H and O–H groups in total. The Morgan fingerprint density at radius 1 is 1.00 bits per heavy atom. The molecule has 1 saturated heterocycles. The number of thiazole rings is 1. The van der Waals surface area contributed by atoms with Gasteiger partial charge in [-0.25, -0.2) is 4.98 Å².